The normalized spacial score (nSPS) is 17.3. The number of hydrazone groups is 1. The highest BCUT2D eigenvalue weighted by Gasteiger charge is 2.28. The summed E-state index contributed by atoms with van der Waals surface area (Å²) in [5.74, 6) is -0.453. The van der Waals surface area contributed by atoms with Gasteiger partial charge in [0.2, 0.25) is 0 Å². The molecular formula is C30H31N5O4. The second-order valence-electron chi connectivity index (χ2n) is 10.8. The maximum Gasteiger partial charge on any atom is 0.271 e. The van der Waals surface area contributed by atoms with E-state index in [-0.39, 0.29) is 23.6 Å². The Hall–Kier alpha value is -4.50. The largest absolute Gasteiger partial charge is 0.507 e. The molecule has 0 bridgehead atoms. The minimum absolute atomic E-state index is 0.0215. The van der Waals surface area contributed by atoms with E-state index in [0.717, 1.165) is 5.56 Å². The molecular weight excluding hydrogens is 494 g/mol. The van der Waals surface area contributed by atoms with Gasteiger partial charge in [-0.2, -0.15) is 5.10 Å². The fraction of sp³-hybridized carbons (Fsp3) is 0.267. The molecule has 0 spiro atoms. The van der Waals surface area contributed by atoms with Gasteiger partial charge in [-0.25, -0.2) is 4.99 Å². The molecule has 2 atom stereocenters. The summed E-state index contributed by atoms with van der Waals surface area (Å²) < 4.78 is 0. The molecule has 0 aliphatic carbocycles. The van der Waals surface area contributed by atoms with Crippen molar-refractivity contribution in [1.82, 2.24) is 5.43 Å². The molecule has 0 radical (unpaired) electrons. The summed E-state index contributed by atoms with van der Waals surface area (Å²) in [5.41, 5.74) is 4.39. The minimum atomic E-state index is -1.24. The third kappa shape index (κ3) is 5.26. The van der Waals surface area contributed by atoms with Crippen molar-refractivity contribution in [1.29, 1.82) is 0 Å². The van der Waals surface area contributed by atoms with Crippen molar-refractivity contribution in [3.05, 3.63) is 76.9 Å². The fourth-order valence-corrected chi connectivity index (χ4v) is 4.50. The van der Waals surface area contributed by atoms with E-state index in [1.54, 1.807) is 48.5 Å². The molecule has 0 aromatic heterocycles. The molecule has 9 heteroatoms. The van der Waals surface area contributed by atoms with Gasteiger partial charge in [0, 0.05) is 33.8 Å². The van der Waals surface area contributed by atoms with Crippen LogP contribution in [-0.4, -0.2) is 44.7 Å². The lowest BCUT2D eigenvalue weighted by Gasteiger charge is -2.22. The van der Waals surface area contributed by atoms with Gasteiger partial charge in [0.1, 0.15) is 23.3 Å². The van der Waals surface area contributed by atoms with Gasteiger partial charge in [0.15, 0.2) is 6.23 Å². The Bertz CT molecular complexity index is 1740. The van der Waals surface area contributed by atoms with E-state index in [4.69, 9.17) is 4.99 Å². The number of fused-ring (bicyclic) bond motifs is 4. The molecule has 1 amide bonds. The van der Waals surface area contributed by atoms with Crippen LogP contribution in [0.4, 0.5) is 5.69 Å². The predicted molar refractivity (Wildman–Crippen MR) is 152 cm³/mol. The maximum absolute atomic E-state index is 13.3. The van der Waals surface area contributed by atoms with Gasteiger partial charge in [0.05, 0.1) is 16.1 Å². The minimum Gasteiger partial charge on any atom is -0.507 e. The van der Waals surface area contributed by atoms with E-state index in [9.17, 15) is 20.1 Å². The van der Waals surface area contributed by atoms with Crippen molar-refractivity contribution in [2.24, 2.45) is 15.1 Å². The number of aliphatic hydroxyl groups excluding tert-OH is 1. The smallest absolute Gasteiger partial charge is 0.271 e. The Kier molecular flexibility index (Phi) is 6.69. The average molecular weight is 526 g/mol. The van der Waals surface area contributed by atoms with Gasteiger partial charge in [0.25, 0.3) is 5.91 Å². The molecule has 0 fully saturated rings. The van der Waals surface area contributed by atoms with E-state index < -0.39 is 23.7 Å². The summed E-state index contributed by atoms with van der Waals surface area (Å²) in [7, 11) is 0. The maximum atomic E-state index is 13.3. The highest BCUT2D eigenvalue weighted by atomic mass is 16.3. The lowest BCUT2D eigenvalue weighted by Crippen LogP contribution is -2.42. The molecule has 2 unspecified atom stereocenters. The van der Waals surface area contributed by atoms with Crippen LogP contribution in [-0.2, 0) is 4.79 Å². The fourth-order valence-electron chi connectivity index (χ4n) is 4.50. The number of aryl methyl sites for hydroxylation is 1. The molecule has 0 saturated carbocycles. The molecule has 5 N–H and O–H groups in total. The number of anilines is 1. The third-order valence-corrected chi connectivity index (χ3v) is 6.50. The van der Waals surface area contributed by atoms with Crippen LogP contribution < -0.4 is 21.5 Å². The number of nitrogens with one attached hydrogen (secondary N) is 2. The van der Waals surface area contributed by atoms with Gasteiger partial charge >= 0.3 is 0 Å². The van der Waals surface area contributed by atoms with E-state index in [1.807, 2.05) is 39.8 Å². The van der Waals surface area contributed by atoms with E-state index in [0.29, 0.717) is 37.9 Å². The number of rotatable bonds is 5. The standard InChI is InChI=1S/C30H31N5O4/c1-16-9-11-17(12-10-16)31-29(39)23(34-35-30(2,3)4)15-22-28(38)33-21-14-13-20-24(25(21)32-22)27(37)19-8-6-5-7-18(19)26(20)36/h5-14,22,28,35-38H,15H2,1-4H3,(H,31,39)/b34-23+. The van der Waals surface area contributed by atoms with Crippen molar-refractivity contribution in [3.8, 4) is 11.5 Å². The first-order valence-corrected chi connectivity index (χ1v) is 12.7. The number of nitrogens with zero attached hydrogens (tertiary/aromatic N) is 3. The lowest BCUT2D eigenvalue weighted by molar-refractivity contribution is -0.110. The van der Waals surface area contributed by atoms with Crippen molar-refractivity contribution in [2.75, 3.05) is 5.32 Å². The number of hydrogen-bond donors (Lipinski definition) is 5. The first-order valence-electron chi connectivity index (χ1n) is 12.7. The van der Waals surface area contributed by atoms with Crippen LogP contribution in [0.15, 0.2) is 75.7 Å². The molecule has 4 aromatic carbocycles. The summed E-state index contributed by atoms with van der Waals surface area (Å²) in [6.45, 7) is 7.72. The highest BCUT2D eigenvalue weighted by Crippen LogP contribution is 2.39. The van der Waals surface area contributed by atoms with Crippen LogP contribution in [0, 0.1) is 6.92 Å². The number of carbonyl (C=O) groups is 1. The molecule has 4 aromatic rings. The quantitative estimate of drug-likeness (QED) is 0.118. The molecule has 0 saturated heterocycles. The Labute approximate surface area is 225 Å². The molecule has 200 valence electrons. The van der Waals surface area contributed by atoms with Crippen LogP contribution in [0.3, 0.4) is 0 Å². The highest BCUT2D eigenvalue weighted by molar-refractivity contribution is 6.43. The van der Waals surface area contributed by atoms with Crippen molar-refractivity contribution >= 4 is 38.9 Å². The van der Waals surface area contributed by atoms with Crippen molar-refractivity contribution < 1.29 is 20.1 Å². The monoisotopic (exact) mass is 525 g/mol. The van der Waals surface area contributed by atoms with Crippen molar-refractivity contribution in [3.63, 3.8) is 0 Å². The number of benzene rings is 4. The van der Waals surface area contributed by atoms with Gasteiger partial charge in [-0.3, -0.25) is 9.79 Å². The van der Waals surface area contributed by atoms with Crippen LogP contribution in [0.2, 0.25) is 0 Å². The summed E-state index contributed by atoms with van der Waals surface area (Å²) in [6.07, 6.45) is -1.26. The first-order chi connectivity index (χ1) is 18.5. The number of amides is 1. The van der Waals surface area contributed by atoms with E-state index >= 15 is 0 Å². The zero-order valence-electron chi connectivity index (χ0n) is 22.2. The number of aromatic hydroxyl groups is 2. The van der Waals surface area contributed by atoms with Crippen LogP contribution in [0.25, 0.3) is 21.5 Å². The second kappa shape index (κ2) is 9.99. The number of hydrogen-bond acceptors (Lipinski definition) is 8. The zero-order chi connectivity index (χ0) is 27.9. The first kappa shape index (κ1) is 26.1. The van der Waals surface area contributed by atoms with E-state index in [1.165, 1.54) is 0 Å². The van der Waals surface area contributed by atoms with Gasteiger partial charge in [-0.1, -0.05) is 42.0 Å². The molecule has 39 heavy (non-hydrogen) atoms. The third-order valence-electron chi connectivity index (χ3n) is 6.50. The molecule has 1 aliphatic heterocycles. The summed E-state index contributed by atoms with van der Waals surface area (Å²) in [6, 6.07) is 16.8. The topological polar surface area (TPSA) is 139 Å². The Balaban J connectivity index is 1.58. The molecule has 5 rings (SSSR count). The predicted octanol–water partition coefficient (Wildman–Crippen LogP) is 3.43. The van der Waals surface area contributed by atoms with Gasteiger partial charge in [-0.15, -0.1) is 0 Å². The summed E-state index contributed by atoms with van der Waals surface area (Å²) >= 11 is 0. The summed E-state index contributed by atoms with van der Waals surface area (Å²) in [4.78, 5) is 22.4. The van der Waals surface area contributed by atoms with Crippen LogP contribution in [0.1, 0.15) is 32.8 Å². The lowest BCUT2D eigenvalue weighted by atomic mass is 9.99. The molecule has 1 heterocycles. The van der Waals surface area contributed by atoms with Gasteiger partial charge < -0.3 is 26.1 Å². The molecule has 9 nitrogen and oxygen atoms in total. The zero-order valence-corrected chi connectivity index (χ0v) is 22.2. The number of phenols is 2. The van der Waals surface area contributed by atoms with E-state index in [2.05, 4.69) is 20.8 Å². The number of aliphatic hydroxyl groups is 1. The number of carbonyl (C=O) groups excluding carboxylic acids is 1. The average Bonchev–Trinajstić information content (AvgIpc) is 2.90. The van der Waals surface area contributed by atoms with Crippen LogP contribution in [0.5, 0.6) is 11.5 Å². The van der Waals surface area contributed by atoms with Crippen LogP contribution >= 0.6 is 0 Å². The van der Waals surface area contributed by atoms with Crippen molar-refractivity contribution in [2.45, 2.75) is 51.9 Å². The Morgan fingerprint density at radius 2 is 1.59 bits per heavy atom. The Morgan fingerprint density at radius 3 is 2.26 bits per heavy atom. The SMILES string of the molecule is Cc1ccc(NC(=O)/C(CC2N=c3c(ccc4c(O)c5ccccc5c(O)c34)=NC2O)=N/NC(C)(C)C)cc1. The summed E-state index contributed by atoms with van der Waals surface area (Å²) in [5, 5.41) is 42.7. The second-order valence-corrected chi connectivity index (χ2v) is 10.8. The molecule has 1 aliphatic rings. The van der Waals surface area contributed by atoms with Gasteiger partial charge in [-0.05, 0) is 52.0 Å². The number of phenolic OH excluding ortho intramolecular Hbond substituents is 2. The Morgan fingerprint density at radius 1 is 0.923 bits per heavy atom.